The molecule has 0 aliphatic heterocycles. The first-order chi connectivity index (χ1) is 11.8. The van der Waals surface area contributed by atoms with Gasteiger partial charge in [-0.3, -0.25) is 0 Å². The van der Waals surface area contributed by atoms with Crippen LogP contribution in [-0.2, 0) is 0 Å². The van der Waals surface area contributed by atoms with Crippen LogP contribution in [0.1, 0.15) is 0 Å². The molecule has 4 rings (SSSR count). The van der Waals surface area contributed by atoms with E-state index in [9.17, 15) is 0 Å². The third-order valence-electron chi connectivity index (χ3n) is 3.90. The first kappa shape index (κ1) is 14.3. The Morgan fingerprint density at radius 1 is 0.792 bits per heavy atom. The minimum atomic E-state index is 0.498. The van der Waals surface area contributed by atoms with E-state index in [4.69, 9.17) is 4.42 Å². The predicted octanol–water partition coefficient (Wildman–Crippen LogP) is 5.28. The first-order valence-corrected chi connectivity index (χ1v) is 7.83. The summed E-state index contributed by atoms with van der Waals surface area (Å²) in [6, 6.07) is 24.7. The standard InChI is InChI=1S/C20H17N3O/c1-21-17-9-5-6-14(12-17)15-10-11-19-18(13-15)23-20(24-19)22-16-7-3-2-4-8-16/h2-13,21H,1H3,(H,22,23). The molecule has 0 bridgehead atoms. The van der Waals surface area contributed by atoms with Gasteiger partial charge in [-0.1, -0.05) is 36.4 Å². The van der Waals surface area contributed by atoms with Gasteiger partial charge in [0, 0.05) is 18.4 Å². The van der Waals surface area contributed by atoms with E-state index in [1.165, 1.54) is 0 Å². The summed E-state index contributed by atoms with van der Waals surface area (Å²) < 4.78 is 5.77. The van der Waals surface area contributed by atoms with Crippen molar-refractivity contribution in [1.29, 1.82) is 0 Å². The number of hydrogen-bond donors (Lipinski definition) is 2. The van der Waals surface area contributed by atoms with Crippen LogP contribution in [0.25, 0.3) is 22.2 Å². The van der Waals surface area contributed by atoms with Gasteiger partial charge in [-0.05, 0) is 47.5 Å². The van der Waals surface area contributed by atoms with Crippen molar-refractivity contribution in [2.45, 2.75) is 0 Å². The second-order valence-corrected chi connectivity index (χ2v) is 5.52. The van der Waals surface area contributed by atoms with E-state index in [2.05, 4.69) is 33.8 Å². The lowest BCUT2D eigenvalue weighted by Gasteiger charge is -2.04. The number of para-hydroxylation sites is 1. The fraction of sp³-hybridized carbons (Fsp3) is 0.0500. The summed E-state index contributed by atoms with van der Waals surface area (Å²) in [4.78, 5) is 4.54. The van der Waals surface area contributed by atoms with Gasteiger partial charge in [-0.15, -0.1) is 0 Å². The van der Waals surface area contributed by atoms with Gasteiger partial charge < -0.3 is 15.1 Å². The molecule has 4 nitrogen and oxygen atoms in total. The Morgan fingerprint density at radius 3 is 2.42 bits per heavy atom. The van der Waals surface area contributed by atoms with Crippen molar-refractivity contribution in [3.63, 3.8) is 0 Å². The first-order valence-electron chi connectivity index (χ1n) is 7.83. The second kappa shape index (κ2) is 6.08. The maximum Gasteiger partial charge on any atom is 0.300 e. The summed E-state index contributed by atoms with van der Waals surface area (Å²) in [5.74, 6) is 0. The molecular formula is C20H17N3O. The van der Waals surface area contributed by atoms with E-state index in [1.807, 2.05) is 61.6 Å². The number of anilines is 3. The third kappa shape index (κ3) is 2.82. The van der Waals surface area contributed by atoms with Crippen LogP contribution < -0.4 is 10.6 Å². The zero-order chi connectivity index (χ0) is 16.4. The molecule has 0 radical (unpaired) electrons. The molecule has 0 amide bonds. The van der Waals surface area contributed by atoms with Gasteiger partial charge in [0.25, 0.3) is 6.01 Å². The minimum Gasteiger partial charge on any atom is -0.423 e. The Morgan fingerprint density at radius 2 is 1.58 bits per heavy atom. The Hall–Kier alpha value is -3.27. The molecular weight excluding hydrogens is 298 g/mol. The van der Waals surface area contributed by atoms with Gasteiger partial charge in [0.15, 0.2) is 5.58 Å². The molecule has 0 atom stereocenters. The molecule has 3 aromatic carbocycles. The monoisotopic (exact) mass is 315 g/mol. The van der Waals surface area contributed by atoms with Crippen LogP contribution in [-0.4, -0.2) is 12.0 Å². The van der Waals surface area contributed by atoms with Crippen LogP contribution in [0.5, 0.6) is 0 Å². The quantitative estimate of drug-likeness (QED) is 0.538. The highest BCUT2D eigenvalue weighted by Gasteiger charge is 2.08. The Kier molecular flexibility index (Phi) is 3.63. The topological polar surface area (TPSA) is 50.1 Å². The molecule has 4 aromatic rings. The zero-order valence-corrected chi connectivity index (χ0v) is 13.3. The molecule has 0 aliphatic carbocycles. The fourth-order valence-electron chi connectivity index (χ4n) is 2.66. The Labute approximate surface area is 140 Å². The number of nitrogens with zero attached hydrogens (tertiary/aromatic N) is 1. The van der Waals surface area contributed by atoms with Crippen LogP contribution in [0.4, 0.5) is 17.4 Å². The van der Waals surface area contributed by atoms with Crippen LogP contribution in [0, 0.1) is 0 Å². The van der Waals surface area contributed by atoms with Gasteiger partial charge in [0.2, 0.25) is 0 Å². The van der Waals surface area contributed by atoms with Crippen LogP contribution >= 0.6 is 0 Å². The number of fused-ring (bicyclic) bond motifs is 1. The number of oxazole rings is 1. The van der Waals surface area contributed by atoms with E-state index < -0.39 is 0 Å². The van der Waals surface area contributed by atoms with E-state index >= 15 is 0 Å². The number of rotatable bonds is 4. The normalized spacial score (nSPS) is 10.7. The van der Waals surface area contributed by atoms with E-state index in [-0.39, 0.29) is 0 Å². The molecule has 0 fully saturated rings. The van der Waals surface area contributed by atoms with Crippen molar-refractivity contribution in [3.05, 3.63) is 72.8 Å². The molecule has 118 valence electrons. The number of nitrogens with one attached hydrogen (secondary N) is 2. The molecule has 0 saturated carbocycles. The largest absolute Gasteiger partial charge is 0.423 e. The highest BCUT2D eigenvalue weighted by Crippen LogP contribution is 2.28. The number of hydrogen-bond acceptors (Lipinski definition) is 4. The zero-order valence-electron chi connectivity index (χ0n) is 13.3. The second-order valence-electron chi connectivity index (χ2n) is 5.52. The minimum absolute atomic E-state index is 0.498. The van der Waals surface area contributed by atoms with Crippen molar-refractivity contribution in [1.82, 2.24) is 4.98 Å². The smallest absolute Gasteiger partial charge is 0.300 e. The molecule has 0 saturated heterocycles. The lowest BCUT2D eigenvalue weighted by atomic mass is 10.0. The molecule has 0 unspecified atom stereocenters. The van der Waals surface area contributed by atoms with Crippen molar-refractivity contribution in [2.75, 3.05) is 17.7 Å². The number of benzene rings is 3. The average molecular weight is 315 g/mol. The van der Waals surface area contributed by atoms with Crippen LogP contribution in [0.3, 0.4) is 0 Å². The number of aromatic nitrogens is 1. The predicted molar refractivity (Wildman–Crippen MR) is 98.7 cm³/mol. The van der Waals surface area contributed by atoms with E-state index in [1.54, 1.807) is 0 Å². The maximum atomic E-state index is 5.77. The summed E-state index contributed by atoms with van der Waals surface area (Å²) in [5.41, 5.74) is 5.89. The molecule has 1 aromatic heterocycles. The highest BCUT2D eigenvalue weighted by atomic mass is 16.4. The van der Waals surface area contributed by atoms with Gasteiger partial charge in [-0.2, -0.15) is 4.98 Å². The summed E-state index contributed by atoms with van der Waals surface area (Å²) >= 11 is 0. The van der Waals surface area contributed by atoms with Crippen LogP contribution in [0.2, 0.25) is 0 Å². The van der Waals surface area contributed by atoms with E-state index in [0.29, 0.717) is 6.01 Å². The molecule has 0 aliphatic rings. The summed E-state index contributed by atoms with van der Waals surface area (Å²) in [6.07, 6.45) is 0. The van der Waals surface area contributed by atoms with Crippen molar-refractivity contribution < 1.29 is 4.42 Å². The maximum absolute atomic E-state index is 5.77. The average Bonchev–Trinajstić information content (AvgIpc) is 3.04. The van der Waals surface area contributed by atoms with Crippen molar-refractivity contribution in [2.24, 2.45) is 0 Å². The summed E-state index contributed by atoms with van der Waals surface area (Å²) in [6.45, 7) is 0. The van der Waals surface area contributed by atoms with Crippen LogP contribution in [0.15, 0.2) is 77.2 Å². The third-order valence-corrected chi connectivity index (χ3v) is 3.90. The highest BCUT2D eigenvalue weighted by molar-refractivity contribution is 5.82. The molecule has 1 heterocycles. The van der Waals surface area contributed by atoms with Gasteiger partial charge >= 0.3 is 0 Å². The van der Waals surface area contributed by atoms with Crippen molar-refractivity contribution in [3.8, 4) is 11.1 Å². The van der Waals surface area contributed by atoms with Crippen molar-refractivity contribution >= 4 is 28.5 Å². The fourth-order valence-corrected chi connectivity index (χ4v) is 2.66. The Balaban J connectivity index is 1.68. The Bertz CT molecular complexity index is 977. The molecule has 2 N–H and O–H groups in total. The van der Waals surface area contributed by atoms with E-state index in [0.717, 1.165) is 33.6 Å². The molecule has 0 spiro atoms. The molecule has 4 heteroatoms. The van der Waals surface area contributed by atoms with Gasteiger partial charge in [0.05, 0.1) is 0 Å². The molecule has 24 heavy (non-hydrogen) atoms. The SMILES string of the molecule is CNc1cccc(-c2ccc3oc(Nc4ccccc4)nc3c2)c1. The van der Waals surface area contributed by atoms with Gasteiger partial charge in [0.1, 0.15) is 5.52 Å². The van der Waals surface area contributed by atoms with Gasteiger partial charge in [-0.25, -0.2) is 0 Å². The lowest BCUT2D eigenvalue weighted by molar-refractivity contribution is 0.623. The summed E-state index contributed by atoms with van der Waals surface area (Å²) in [7, 11) is 1.92. The lowest BCUT2D eigenvalue weighted by Crippen LogP contribution is -1.88. The summed E-state index contributed by atoms with van der Waals surface area (Å²) in [5, 5.41) is 6.34.